The molecule has 0 bridgehead atoms. The monoisotopic (exact) mass is 327 g/mol. The number of carbonyl (C=O) groups is 2. The van der Waals surface area contributed by atoms with Crippen molar-refractivity contribution in [3.63, 3.8) is 0 Å². The molecule has 6 heteroatoms. The molecule has 0 aromatic heterocycles. The molecule has 1 aliphatic carbocycles. The molecule has 2 atom stereocenters. The van der Waals surface area contributed by atoms with Crippen molar-refractivity contribution in [2.45, 2.75) is 25.3 Å². The maximum Gasteiger partial charge on any atom is 0.306 e. The van der Waals surface area contributed by atoms with Crippen LogP contribution in [0.1, 0.15) is 29.6 Å². The van der Waals surface area contributed by atoms with Crippen LogP contribution in [0.2, 0.25) is 0 Å². The predicted molar refractivity (Wildman–Crippen MR) is 72.0 cm³/mol. The first-order valence-electron chi connectivity index (χ1n) is 5.99. The number of hydrogen-bond acceptors (Lipinski definition) is 3. The minimum Gasteiger partial charge on any atom is -0.507 e. The van der Waals surface area contributed by atoms with Gasteiger partial charge in [-0.25, -0.2) is 0 Å². The Morgan fingerprint density at radius 3 is 2.63 bits per heavy atom. The van der Waals surface area contributed by atoms with Crippen molar-refractivity contribution < 1.29 is 19.8 Å². The van der Waals surface area contributed by atoms with Crippen LogP contribution in [0.4, 0.5) is 0 Å². The molecule has 0 unspecified atom stereocenters. The highest BCUT2D eigenvalue weighted by molar-refractivity contribution is 9.10. The van der Waals surface area contributed by atoms with Crippen LogP contribution in [0.25, 0.3) is 0 Å². The number of halogens is 1. The summed E-state index contributed by atoms with van der Waals surface area (Å²) >= 11 is 3.20. The molecular formula is C13H14BrNO4. The van der Waals surface area contributed by atoms with E-state index in [4.69, 9.17) is 5.11 Å². The van der Waals surface area contributed by atoms with E-state index < -0.39 is 5.97 Å². The van der Waals surface area contributed by atoms with Crippen LogP contribution in [-0.4, -0.2) is 28.1 Å². The number of rotatable bonds is 3. The van der Waals surface area contributed by atoms with Crippen LogP contribution in [-0.2, 0) is 4.79 Å². The number of benzene rings is 1. The number of aromatic hydroxyl groups is 1. The molecule has 2 rings (SSSR count). The molecule has 1 fully saturated rings. The summed E-state index contributed by atoms with van der Waals surface area (Å²) in [5.74, 6) is -1.67. The fourth-order valence-corrected chi connectivity index (χ4v) is 2.65. The van der Waals surface area contributed by atoms with Crippen molar-refractivity contribution in [1.82, 2.24) is 5.32 Å². The van der Waals surface area contributed by atoms with E-state index in [0.29, 0.717) is 23.7 Å². The lowest BCUT2D eigenvalue weighted by Gasteiger charge is -2.13. The molecule has 1 aromatic carbocycles. The van der Waals surface area contributed by atoms with Gasteiger partial charge >= 0.3 is 5.97 Å². The summed E-state index contributed by atoms with van der Waals surface area (Å²) in [6.07, 6.45) is 1.67. The van der Waals surface area contributed by atoms with Gasteiger partial charge in [-0.2, -0.15) is 0 Å². The summed E-state index contributed by atoms with van der Waals surface area (Å²) in [6, 6.07) is 4.50. The molecule has 0 radical (unpaired) electrons. The molecule has 1 amide bonds. The van der Waals surface area contributed by atoms with Gasteiger partial charge < -0.3 is 15.5 Å². The Hall–Kier alpha value is -1.56. The lowest BCUT2D eigenvalue weighted by atomic mass is 10.1. The first kappa shape index (κ1) is 13.9. The van der Waals surface area contributed by atoms with E-state index in [1.807, 2.05) is 0 Å². The molecule has 102 valence electrons. The highest BCUT2D eigenvalue weighted by atomic mass is 79.9. The lowest BCUT2D eigenvalue weighted by molar-refractivity contribution is -0.141. The summed E-state index contributed by atoms with van der Waals surface area (Å²) in [5, 5.41) is 21.4. The second kappa shape index (κ2) is 5.61. The molecule has 0 saturated heterocycles. The molecule has 5 nitrogen and oxygen atoms in total. The molecule has 1 aromatic rings. The Morgan fingerprint density at radius 2 is 2.05 bits per heavy atom. The largest absolute Gasteiger partial charge is 0.507 e. The van der Waals surface area contributed by atoms with Gasteiger partial charge in [0.15, 0.2) is 0 Å². The van der Waals surface area contributed by atoms with Crippen LogP contribution in [0.15, 0.2) is 22.7 Å². The quantitative estimate of drug-likeness (QED) is 0.793. The standard InChI is InChI=1S/C13H14BrNO4/c14-8-2-4-10(11(16)6-8)12(17)15-9-3-1-7(5-9)13(18)19/h2,4,6-7,9,16H,1,3,5H2,(H,15,17)(H,18,19)/t7-,9+/m1/s1. The molecule has 0 aliphatic heterocycles. The van der Waals surface area contributed by atoms with Gasteiger partial charge in [-0.15, -0.1) is 0 Å². The predicted octanol–water partition coefficient (Wildman–Crippen LogP) is 2.14. The zero-order valence-electron chi connectivity index (χ0n) is 10.1. The fourth-order valence-electron chi connectivity index (χ4n) is 2.30. The Bertz CT molecular complexity index is 517. The highest BCUT2D eigenvalue weighted by Crippen LogP contribution is 2.27. The van der Waals surface area contributed by atoms with Gasteiger partial charge in [0, 0.05) is 10.5 Å². The van der Waals surface area contributed by atoms with E-state index in [2.05, 4.69) is 21.2 Å². The number of phenols is 1. The van der Waals surface area contributed by atoms with E-state index in [0.717, 1.165) is 0 Å². The summed E-state index contributed by atoms with van der Waals surface area (Å²) < 4.78 is 0.688. The van der Waals surface area contributed by atoms with Crippen LogP contribution < -0.4 is 5.32 Å². The third-order valence-corrected chi connectivity index (χ3v) is 3.81. The van der Waals surface area contributed by atoms with Crippen molar-refractivity contribution in [2.75, 3.05) is 0 Å². The molecular weight excluding hydrogens is 314 g/mol. The Balaban J connectivity index is 2.00. The topological polar surface area (TPSA) is 86.6 Å². The first-order chi connectivity index (χ1) is 8.97. The average Bonchev–Trinajstić information content (AvgIpc) is 2.77. The maximum absolute atomic E-state index is 12.0. The average molecular weight is 328 g/mol. The van der Waals surface area contributed by atoms with Crippen LogP contribution in [0.3, 0.4) is 0 Å². The van der Waals surface area contributed by atoms with E-state index >= 15 is 0 Å². The highest BCUT2D eigenvalue weighted by Gasteiger charge is 2.30. The number of carboxylic acid groups (broad SMARTS) is 1. The number of carbonyl (C=O) groups excluding carboxylic acids is 1. The van der Waals surface area contributed by atoms with Gasteiger partial charge in [0.2, 0.25) is 0 Å². The van der Waals surface area contributed by atoms with Crippen LogP contribution >= 0.6 is 15.9 Å². The second-order valence-corrected chi connectivity index (χ2v) is 5.60. The van der Waals surface area contributed by atoms with E-state index in [-0.39, 0.29) is 29.2 Å². The molecule has 0 spiro atoms. The van der Waals surface area contributed by atoms with Gasteiger partial charge in [0.25, 0.3) is 5.91 Å². The first-order valence-corrected chi connectivity index (χ1v) is 6.79. The minimum absolute atomic E-state index is 0.0975. The van der Waals surface area contributed by atoms with E-state index in [9.17, 15) is 14.7 Å². The fraction of sp³-hybridized carbons (Fsp3) is 0.385. The molecule has 3 N–H and O–H groups in total. The number of aliphatic carboxylic acids is 1. The molecule has 1 saturated carbocycles. The number of phenolic OH excluding ortho intramolecular Hbond substituents is 1. The zero-order chi connectivity index (χ0) is 14.0. The van der Waals surface area contributed by atoms with Crippen molar-refractivity contribution in [2.24, 2.45) is 5.92 Å². The molecule has 1 aliphatic rings. The number of carboxylic acids is 1. The smallest absolute Gasteiger partial charge is 0.306 e. The second-order valence-electron chi connectivity index (χ2n) is 4.68. The lowest BCUT2D eigenvalue weighted by Crippen LogP contribution is -2.33. The van der Waals surface area contributed by atoms with Gasteiger partial charge in [0.05, 0.1) is 11.5 Å². The van der Waals surface area contributed by atoms with Gasteiger partial charge in [-0.3, -0.25) is 9.59 Å². The van der Waals surface area contributed by atoms with Crippen molar-refractivity contribution >= 4 is 27.8 Å². The van der Waals surface area contributed by atoms with Gasteiger partial charge in [-0.1, -0.05) is 15.9 Å². The maximum atomic E-state index is 12.0. The minimum atomic E-state index is -0.816. The van der Waals surface area contributed by atoms with Crippen molar-refractivity contribution in [1.29, 1.82) is 0 Å². The normalized spacial score (nSPS) is 22.2. The summed E-state index contributed by atoms with van der Waals surface area (Å²) in [7, 11) is 0. The Kier molecular flexibility index (Phi) is 4.09. The summed E-state index contributed by atoms with van der Waals surface area (Å²) in [6.45, 7) is 0. The van der Waals surface area contributed by atoms with E-state index in [1.54, 1.807) is 6.07 Å². The van der Waals surface area contributed by atoms with E-state index in [1.165, 1.54) is 12.1 Å². The van der Waals surface area contributed by atoms with Crippen molar-refractivity contribution in [3.05, 3.63) is 28.2 Å². The third kappa shape index (κ3) is 3.26. The SMILES string of the molecule is O=C(N[C@H]1CC[C@@H](C(=O)O)C1)c1ccc(Br)cc1O. The summed E-state index contributed by atoms with van der Waals surface area (Å²) in [4.78, 5) is 22.8. The third-order valence-electron chi connectivity index (χ3n) is 3.32. The molecule has 0 heterocycles. The number of hydrogen-bond donors (Lipinski definition) is 3. The van der Waals surface area contributed by atoms with Crippen LogP contribution in [0.5, 0.6) is 5.75 Å². The Labute approximate surface area is 118 Å². The van der Waals surface area contributed by atoms with Crippen LogP contribution in [0, 0.1) is 5.92 Å². The summed E-state index contributed by atoms with van der Waals surface area (Å²) in [5.41, 5.74) is 0.196. The number of nitrogens with one attached hydrogen (secondary N) is 1. The zero-order valence-corrected chi connectivity index (χ0v) is 11.7. The Morgan fingerprint density at radius 1 is 1.32 bits per heavy atom. The van der Waals surface area contributed by atoms with Gasteiger partial charge in [0.1, 0.15) is 5.75 Å². The molecule has 19 heavy (non-hydrogen) atoms. The van der Waals surface area contributed by atoms with Gasteiger partial charge in [-0.05, 0) is 37.5 Å². The van der Waals surface area contributed by atoms with Crippen molar-refractivity contribution in [3.8, 4) is 5.75 Å². The number of amides is 1.